The van der Waals surface area contributed by atoms with Crippen LogP contribution in [0.25, 0.3) is 0 Å². The van der Waals surface area contributed by atoms with Crippen LogP contribution in [0.15, 0.2) is 30.3 Å². The summed E-state index contributed by atoms with van der Waals surface area (Å²) in [5.41, 5.74) is 0.886. The number of benzene rings is 1. The molecule has 2 N–H and O–H groups in total. The van der Waals surface area contributed by atoms with Crippen molar-refractivity contribution in [2.75, 3.05) is 6.61 Å². The Hall–Kier alpha value is -1.88. The molecule has 0 radical (unpaired) electrons. The minimum absolute atomic E-state index is 0.0135. The predicted molar refractivity (Wildman–Crippen MR) is 79.9 cm³/mol. The summed E-state index contributed by atoms with van der Waals surface area (Å²) >= 11 is 0. The lowest BCUT2D eigenvalue weighted by Crippen LogP contribution is -2.46. The van der Waals surface area contributed by atoms with E-state index in [1.54, 1.807) is 0 Å². The summed E-state index contributed by atoms with van der Waals surface area (Å²) in [4.78, 5) is 26.6. The van der Waals surface area contributed by atoms with E-state index in [1.807, 2.05) is 35.2 Å². The second-order valence-corrected chi connectivity index (χ2v) is 6.77. The molecule has 2 amide bonds. The van der Waals surface area contributed by atoms with Gasteiger partial charge in [-0.2, -0.15) is 0 Å². The number of piperidine rings is 1. The van der Waals surface area contributed by atoms with Crippen molar-refractivity contribution < 1.29 is 14.7 Å². The number of nitrogens with zero attached hydrogens (tertiary/aromatic N) is 1. The molecule has 5 nitrogen and oxygen atoms in total. The summed E-state index contributed by atoms with van der Waals surface area (Å²) in [6.07, 6.45) is 2.94. The molecule has 2 saturated heterocycles. The summed E-state index contributed by atoms with van der Waals surface area (Å²) in [5.74, 6) is 0.393. The average molecular weight is 300 g/mol. The SMILES string of the molecule is O=C(Cc1ccccc1)N[C@H]1C[C@@]23C[C@H]2C[C@H](CO)N3C1=O. The Morgan fingerprint density at radius 1 is 1.32 bits per heavy atom. The summed E-state index contributed by atoms with van der Waals surface area (Å²) in [7, 11) is 0. The summed E-state index contributed by atoms with van der Waals surface area (Å²) in [5, 5.41) is 12.3. The number of rotatable bonds is 4. The van der Waals surface area contributed by atoms with Crippen LogP contribution in [-0.4, -0.2) is 46.1 Å². The van der Waals surface area contributed by atoms with Crippen LogP contribution < -0.4 is 5.32 Å². The van der Waals surface area contributed by atoms with Crippen LogP contribution in [0, 0.1) is 5.92 Å². The van der Waals surface area contributed by atoms with Crippen molar-refractivity contribution in [3.05, 3.63) is 35.9 Å². The van der Waals surface area contributed by atoms with Gasteiger partial charge in [-0.1, -0.05) is 30.3 Å². The number of carbonyl (C=O) groups excluding carboxylic acids is 2. The van der Waals surface area contributed by atoms with Gasteiger partial charge in [-0.15, -0.1) is 0 Å². The molecule has 1 aromatic rings. The van der Waals surface area contributed by atoms with Crippen LogP contribution >= 0.6 is 0 Å². The highest BCUT2D eigenvalue weighted by atomic mass is 16.3. The van der Waals surface area contributed by atoms with Crippen LogP contribution in [0.3, 0.4) is 0 Å². The molecule has 2 heterocycles. The van der Waals surface area contributed by atoms with Crippen molar-refractivity contribution in [1.82, 2.24) is 10.2 Å². The molecule has 1 aliphatic carbocycles. The number of hydrogen-bond acceptors (Lipinski definition) is 3. The maximum atomic E-state index is 12.6. The van der Waals surface area contributed by atoms with Crippen molar-refractivity contribution in [2.45, 2.75) is 43.3 Å². The molecule has 0 bridgehead atoms. The fourth-order valence-corrected chi connectivity index (χ4v) is 4.41. The van der Waals surface area contributed by atoms with Gasteiger partial charge in [0.25, 0.3) is 0 Å². The molecule has 0 aromatic heterocycles. The highest BCUT2D eigenvalue weighted by molar-refractivity contribution is 5.92. The minimum atomic E-state index is -0.421. The molecule has 0 unspecified atom stereocenters. The second-order valence-electron chi connectivity index (χ2n) is 6.77. The third-order valence-electron chi connectivity index (χ3n) is 5.45. The lowest BCUT2D eigenvalue weighted by atomic mass is 10.1. The number of aliphatic hydroxyl groups is 1. The lowest BCUT2D eigenvalue weighted by molar-refractivity contribution is -0.135. The third kappa shape index (κ3) is 1.96. The number of carbonyl (C=O) groups is 2. The predicted octanol–water partition coefficient (Wildman–Crippen LogP) is 0.469. The van der Waals surface area contributed by atoms with E-state index < -0.39 is 6.04 Å². The molecule has 4 rings (SSSR count). The van der Waals surface area contributed by atoms with E-state index in [4.69, 9.17) is 0 Å². The first-order valence-electron chi connectivity index (χ1n) is 7.91. The summed E-state index contributed by atoms with van der Waals surface area (Å²) < 4.78 is 0. The number of aliphatic hydroxyl groups excluding tert-OH is 1. The Morgan fingerprint density at radius 3 is 2.82 bits per heavy atom. The summed E-state index contributed by atoms with van der Waals surface area (Å²) in [6.45, 7) is 0.0225. The largest absolute Gasteiger partial charge is 0.394 e. The van der Waals surface area contributed by atoms with E-state index in [0.29, 0.717) is 18.8 Å². The standard InChI is InChI=1S/C17H20N2O3/c20-10-13-7-12-8-17(12)9-14(16(22)19(13)17)18-15(21)6-11-4-2-1-3-5-11/h1-5,12-14,20H,6-10H2,(H,18,21)/t12-,13-,14+,17+/m1/s1. The third-order valence-corrected chi connectivity index (χ3v) is 5.45. The van der Waals surface area contributed by atoms with E-state index in [-0.39, 0.29) is 30.0 Å². The van der Waals surface area contributed by atoms with E-state index in [0.717, 1.165) is 18.4 Å². The molecule has 5 heteroatoms. The fraction of sp³-hybridized carbons (Fsp3) is 0.529. The van der Waals surface area contributed by atoms with Crippen molar-refractivity contribution in [3.63, 3.8) is 0 Å². The maximum Gasteiger partial charge on any atom is 0.246 e. The monoisotopic (exact) mass is 300 g/mol. The summed E-state index contributed by atoms with van der Waals surface area (Å²) in [6, 6.07) is 9.06. The van der Waals surface area contributed by atoms with Crippen molar-refractivity contribution in [2.24, 2.45) is 5.92 Å². The molecular weight excluding hydrogens is 280 g/mol. The van der Waals surface area contributed by atoms with Gasteiger partial charge < -0.3 is 15.3 Å². The van der Waals surface area contributed by atoms with E-state index in [9.17, 15) is 14.7 Å². The van der Waals surface area contributed by atoms with Crippen molar-refractivity contribution in [1.29, 1.82) is 0 Å². The van der Waals surface area contributed by atoms with E-state index in [2.05, 4.69) is 5.32 Å². The van der Waals surface area contributed by atoms with Gasteiger partial charge in [-0.3, -0.25) is 9.59 Å². The van der Waals surface area contributed by atoms with Gasteiger partial charge in [0.1, 0.15) is 6.04 Å². The first-order valence-corrected chi connectivity index (χ1v) is 7.91. The Labute approximate surface area is 129 Å². The van der Waals surface area contributed by atoms with Crippen LogP contribution in [0.5, 0.6) is 0 Å². The van der Waals surface area contributed by atoms with Gasteiger partial charge in [0.15, 0.2) is 0 Å². The fourth-order valence-electron chi connectivity index (χ4n) is 4.41. The van der Waals surface area contributed by atoms with Crippen LogP contribution in [0.1, 0.15) is 24.8 Å². The smallest absolute Gasteiger partial charge is 0.246 e. The molecule has 4 atom stereocenters. The number of nitrogens with one attached hydrogen (secondary N) is 1. The first kappa shape index (κ1) is 13.8. The van der Waals surface area contributed by atoms with Gasteiger partial charge in [0.2, 0.25) is 11.8 Å². The maximum absolute atomic E-state index is 12.6. The molecule has 1 aromatic carbocycles. The zero-order valence-electron chi connectivity index (χ0n) is 12.4. The quantitative estimate of drug-likeness (QED) is 0.849. The van der Waals surface area contributed by atoms with Gasteiger partial charge in [0.05, 0.1) is 19.1 Å². The number of hydrogen-bond donors (Lipinski definition) is 2. The molecule has 1 saturated carbocycles. The van der Waals surface area contributed by atoms with E-state index in [1.165, 1.54) is 0 Å². The van der Waals surface area contributed by atoms with Gasteiger partial charge in [0, 0.05) is 12.0 Å². The molecule has 2 aliphatic heterocycles. The van der Waals surface area contributed by atoms with Gasteiger partial charge in [-0.05, 0) is 24.3 Å². The Balaban J connectivity index is 1.42. The Kier molecular flexibility index (Phi) is 3.01. The minimum Gasteiger partial charge on any atom is -0.394 e. The second kappa shape index (κ2) is 4.81. The van der Waals surface area contributed by atoms with Crippen LogP contribution in [0.4, 0.5) is 0 Å². The molecular formula is C17H20N2O3. The zero-order valence-corrected chi connectivity index (χ0v) is 12.4. The topological polar surface area (TPSA) is 69.6 Å². The molecule has 22 heavy (non-hydrogen) atoms. The molecule has 3 aliphatic rings. The lowest BCUT2D eigenvalue weighted by Gasteiger charge is -2.26. The molecule has 116 valence electrons. The Morgan fingerprint density at radius 2 is 2.09 bits per heavy atom. The number of amides is 2. The Bertz CT molecular complexity index is 618. The van der Waals surface area contributed by atoms with Gasteiger partial charge in [-0.25, -0.2) is 0 Å². The van der Waals surface area contributed by atoms with Crippen LogP contribution in [-0.2, 0) is 16.0 Å². The average Bonchev–Trinajstić information content (AvgIpc) is 2.99. The first-order chi connectivity index (χ1) is 10.6. The van der Waals surface area contributed by atoms with Crippen molar-refractivity contribution >= 4 is 11.8 Å². The molecule has 3 fully saturated rings. The highest BCUT2D eigenvalue weighted by Crippen LogP contribution is 2.63. The van der Waals surface area contributed by atoms with Gasteiger partial charge >= 0.3 is 0 Å². The molecule has 1 spiro atoms. The van der Waals surface area contributed by atoms with E-state index >= 15 is 0 Å². The van der Waals surface area contributed by atoms with Crippen LogP contribution in [0.2, 0.25) is 0 Å². The van der Waals surface area contributed by atoms with Crippen molar-refractivity contribution in [3.8, 4) is 0 Å². The normalized spacial score (nSPS) is 35.2. The zero-order chi connectivity index (χ0) is 15.3. The highest BCUT2D eigenvalue weighted by Gasteiger charge is 2.71.